The highest BCUT2D eigenvalue weighted by Crippen LogP contribution is 2.19. The fraction of sp³-hybridized carbons (Fsp3) is 0.789. The molecule has 1 fully saturated rings. The van der Waals surface area contributed by atoms with Gasteiger partial charge in [0.05, 0.1) is 30.0 Å². The van der Waals surface area contributed by atoms with Gasteiger partial charge in [0.25, 0.3) is 0 Å². The topological polar surface area (TPSA) is 61.8 Å². The van der Waals surface area contributed by atoms with E-state index in [0.717, 1.165) is 50.7 Å². The molecular weight excluding hydrogens is 346 g/mol. The minimum atomic E-state index is 0.318. The highest BCUT2D eigenvalue weighted by atomic mass is 32.1. The number of likely N-dealkylation sites (tertiary alicyclic amines) is 1. The second-order valence-electron chi connectivity index (χ2n) is 7.44. The summed E-state index contributed by atoms with van der Waals surface area (Å²) in [5.41, 5.74) is 1.08. The molecule has 0 amide bonds. The first kappa shape index (κ1) is 21.1. The number of thiazole rings is 1. The van der Waals surface area contributed by atoms with Crippen LogP contribution in [0, 0.1) is 0 Å². The number of hydrogen-bond donors (Lipinski definition) is 2. The van der Waals surface area contributed by atoms with Crippen LogP contribution in [-0.4, -0.2) is 61.3 Å². The normalized spacial score (nSPS) is 17.3. The Hall–Kier alpha value is -1.18. The molecule has 0 aliphatic carbocycles. The monoisotopic (exact) mass is 381 g/mol. The van der Waals surface area contributed by atoms with Crippen LogP contribution in [-0.2, 0) is 11.3 Å². The number of nitrogens with zero attached hydrogens (tertiary/aromatic N) is 3. The zero-order valence-corrected chi connectivity index (χ0v) is 17.7. The molecule has 0 atom stereocenters. The molecule has 26 heavy (non-hydrogen) atoms. The smallest absolute Gasteiger partial charge is 0.191 e. The molecule has 1 saturated heterocycles. The number of piperidine rings is 1. The summed E-state index contributed by atoms with van der Waals surface area (Å²) in [7, 11) is 1.83. The van der Waals surface area contributed by atoms with E-state index in [-0.39, 0.29) is 0 Å². The summed E-state index contributed by atoms with van der Waals surface area (Å²) >= 11 is 1.73. The molecule has 2 heterocycles. The van der Waals surface area contributed by atoms with Crippen LogP contribution in [0.15, 0.2) is 10.4 Å². The molecule has 6 nitrogen and oxygen atoms in total. The summed E-state index contributed by atoms with van der Waals surface area (Å²) in [5.74, 6) is 1.35. The lowest BCUT2D eigenvalue weighted by Crippen LogP contribution is -2.49. The minimum absolute atomic E-state index is 0.318. The molecule has 7 heteroatoms. The Morgan fingerprint density at radius 2 is 2.08 bits per heavy atom. The van der Waals surface area contributed by atoms with E-state index in [2.05, 4.69) is 58.6 Å². The van der Waals surface area contributed by atoms with Gasteiger partial charge in [0.15, 0.2) is 5.96 Å². The van der Waals surface area contributed by atoms with Gasteiger partial charge in [0, 0.05) is 44.0 Å². The first-order valence-corrected chi connectivity index (χ1v) is 10.6. The van der Waals surface area contributed by atoms with Crippen LogP contribution >= 0.6 is 11.3 Å². The molecule has 0 saturated carbocycles. The van der Waals surface area contributed by atoms with Gasteiger partial charge in [0.1, 0.15) is 0 Å². The minimum Gasteiger partial charge on any atom is -0.377 e. The van der Waals surface area contributed by atoms with Crippen molar-refractivity contribution >= 4 is 17.3 Å². The van der Waals surface area contributed by atoms with Gasteiger partial charge in [0.2, 0.25) is 0 Å². The van der Waals surface area contributed by atoms with E-state index in [1.165, 1.54) is 5.01 Å². The second-order valence-corrected chi connectivity index (χ2v) is 8.33. The number of rotatable bonds is 8. The molecule has 0 aromatic carbocycles. The average molecular weight is 382 g/mol. The highest BCUT2D eigenvalue weighted by Gasteiger charge is 2.20. The molecule has 1 aliphatic heterocycles. The number of hydrogen-bond acceptors (Lipinski definition) is 5. The largest absolute Gasteiger partial charge is 0.377 e. The SMILES string of the molecule is CN=C(NCc1csc(C(C)C)n1)NC1CCN(CCOC(C)C)CC1. The third kappa shape index (κ3) is 7.21. The molecular formula is C19H35N5OS. The lowest BCUT2D eigenvalue weighted by atomic mass is 10.1. The van der Waals surface area contributed by atoms with E-state index in [1.807, 2.05) is 7.05 Å². The third-order valence-electron chi connectivity index (χ3n) is 4.51. The number of aliphatic imine (C=N–C) groups is 1. The Balaban J connectivity index is 1.68. The molecule has 0 unspecified atom stereocenters. The average Bonchev–Trinajstić information content (AvgIpc) is 3.09. The lowest BCUT2D eigenvalue weighted by Gasteiger charge is -2.33. The quantitative estimate of drug-likeness (QED) is 0.536. The van der Waals surface area contributed by atoms with Gasteiger partial charge in [-0.3, -0.25) is 4.99 Å². The van der Waals surface area contributed by atoms with Crippen molar-refractivity contribution in [1.82, 2.24) is 20.5 Å². The van der Waals surface area contributed by atoms with E-state index >= 15 is 0 Å². The number of ether oxygens (including phenoxy) is 1. The number of nitrogens with one attached hydrogen (secondary N) is 2. The van der Waals surface area contributed by atoms with Crippen molar-refractivity contribution in [2.24, 2.45) is 4.99 Å². The van der Waals surface area contributed by atoms with Crippen LogP contribution in [0.2, 0.25) is 0 Å². The Bertz CT molecular complexity index is 550. The first-order chi connectivity index (χ1) is 12.5. The van der Waals surface area contributed by atoms with E-state index < -0.39 is 0 Å². The van der Waals surface area contributed by atoms with Crippen molar-refractivity contribution in [2.75, 3.05) is 33.3 Å². The molecule has 2 N–H and O–H groups in total. The molecule has 2 rings (SSSR count). The third-order valence-corrected chi connectivity index (χ3v) is 5.71. The number of guanidine groups is 1. The Morgan fingerprint density at radius 3 is 2.65 bits per heavy atom. The summed E-state index contributed by atoms with van der Waals surface area (Å²) in [4.78, 5) is 11.5. The molecule has 148 valence electrons. The van der Waals surface area contributed by atoms with Crippen molar-refractivity contribution in [2.45, 2.75) is 65.1 Å². The molecule has 1 aliphatic rings. The van der Waals surface area contributed by atoms with Gasteiger partial charge in [-0.1, -0.05) is 13.8 Å². The van der Waals surface area contributed by atoms with E-state index in [4.69, 9.17) is 4.74 Å². The number of aromatic nitrogens is 1. The summed E-state index contributed by atoms with van der Waals surface area (Å²) in [6.45, 7) is 13.3. The standard InChI is InChI=1S/C19H35N5OS/c1-14(2)18-22-17(13-26-18)12-21-19(20-5)23-16-6-8-24(9-7-16)10-11-25-15(3)4/h13-16H,6-12H2,1-5H3,(H2,20,21,23). The van der Waals surface area contributed by atoms with Crippen LogP contribution in [0.4, 0.5) is 0 Å². The maximum absolute atomic E-state index is 5.65. The summed E-state index contributed by atoms with van der Waals surface area (Å²) in [5, 5.41) is 10.3. The highest BCUT2D eigenvalue weighted by molar-refractivity contribution is 7.09. The first-order valence-electron chi connectivity index (χ1n) is 9.73. The van der Waals surface area contributed by atoms with Crippen molar-refractivity contribution in [1.29, 1.82) is 0 Å². The summed E-state index contributed by atoms with van der Waals surface area (Å²) < 4.78 is 5.65. The van der Waals surface area contributed by atoms with Crippen LogP contribution in [0.3, 0.4) is 0 Å². The van der Waals surface area contributed by atoms with Crippen molar-refractivity contribution in [3.8, 4) is 0 Å². The molecule has 0 spiro atoms. The predicted molar refractivity (Wildman–Crippen MR) is 110 cm³/mol. The van der Waals surface area contributed by atoms with Gasteiger partial charge in [-0.25, -0.2) is 4.98 Å². The van der Waals surface area contributed by atoms with Crippen molar-refractivity contribution in [3.63, 3.8) is 0 Å². The molecule has 1 aromatic heterocycles. The fourth-order valence-electron chi connectivity index (χ4n) is 2.95. The van der Waals surface area contributed by atoms with Gasteiger partial charge in [-0.15, -0.1) is 11.3 Å². The summed E-state index contributed by atoms with van der Waals surface area (Å²) in [6.07, 6.45) is 2.59. The maximum atomic E-state index is 5.65. The van der Waals surface area contributed by atoms with Gasteiger partial charge >= 0.3 is 0 Å². The van der Waals surface area contributed by atoms with Gasteiger partial charge in [-0.2, -0.15) is 0 Å². The van der Waals surface area contributed by atoms with Crippen LogP contribution in [0.5, 0.6) is 0 Å². The predicted octanol–water partition coefficient (Wildman–Crippen LogP) is 2.82. The van der Waals surface area contributed by atoms with Crippen molar-refractivity contribution < 1.29 is 4.74 Å². The van der Waals surface area contributed by atoms with E-state index in [1.54, 1.807) is 11.3 Å². The Morgan fingerprint density at radius 1 is 1.35 bits per heavy atom. The fourth-order valence-corrected chi connectivity index (χ4v) is 3.78. The zero-order valence-electron chi connectivity index (χ0n) is 16.9. The van der Waals surface area contributed by atoms with Crippen LogP contribution in [0.25, 0.3) is 0 Å². The van der Waals surface area contributed by atoms with E-state index in [9.17, 15) is 0 Å². The van der Waals surface area contributed by atoms with E-state index in [0.29, 0.717) is 24.6 Å². The lowest BCUT2D eigenvalue weighted by molar-refractivity contribution is 0.0532. The molecule has 0 bridgehead atoms. The Labute approximate surface area is 162 Å². The second kappa shape index (κ2) is 10.8. The maximum Gasteiger partial charge on any atom is 0.191 e. The van der Waals surface area contributed by atoms with Crippen LogP contribution in [0.1, 0.15) is 57.2 Å². The van der Waals surface area contributed by atoms with Crippen LogP contribution < -0.4 is 10.6 Å². The molecule has 1 aromatic rings. The Kier molecular flexibility index (Phi) is 8.81. The summed E-state index contributed by atoms with van der Waals surface area (Å²) in [6, 6.07) is 0.477. The van der Waals surface area contributed by atoms with Crippen molar-refractivity contribution in [3.05, 3.63) is 16.1 Å². The zero-order chi connectivity index (χ0) is 18.9. The van der Waals surface area contributed by atoms with Gasteiger partial charge in [-0.05, 0) is 26.7 Å². The van der Waals surface area contributed by atoms with Gasteiger partial charge < -0.3 is 20.3 Å². The molecule has 0 radical (unpaired) electrons.